The second kappa shape index (κ2) is 13.2. The molecule has 1 aromatic rings. The average Bonchev–Trinajstić information content (AvgIpc) is 3.36. The molecular formula is C45H64FNO4. The summed E-state index contributed by atoms with van der Waals surface area (Å²) < 4.78 is 13.5. The number of benzene rings is 1. The number of hydrogen-bond acceptors (Lipinski definition) is 4. The molecule has 7 rings (SSSR count). The number of ketones is 2. The fraction of sp³-hybridized carbons (Fsp3) is 0.756. The Labute approximate surface area is 306 Å². The summed E-state index contributed by atoms with van der Waals surface area (Å²) in [5, 5.41) is 13.1. The number of carboxylic acids is 1. The Kier molecular flexibility index (Phi) is 9.58. The van der Waals surface area contributed by atoms with Crippen molar-refractivity contribution in [2.24, 2.45) is 74.9 Å². The zero-order valence-electron chi connectivity index (χ0n) is 32.5. The number of carbonyl (C=O) groups is 3. The molecule has 0 amide bonds. The molecule has 0 bridgehead atoms. The third-order valence-electron chi connectivity index (χ3n) is 17.0. The molecule has 0 spiro atoms. The fourth-order valence-corrected chi connectivity index (χ4v) is 14.3. The van der Waals surface area contributed by atoms with Gasteiger partial charge in [0.25, 0.3) is 0 Å². The van der Waals surface area contributed by atoms with Gasteiger partial charge in [-0.1, -0.05) is 66.2 Å². The van der Waals surface area contributed by atoms with Crippen LogP contribution in [0, 0.1) is 80.7 Å². The van der Waals surface area contributed by atoms with Gasteiger partial charge in [0.15, 0.2) is 5.78 Å². The van der Waals surface area contributed by atoms with Crippen LogP contribution in [-0.2, 0) is 20.9 Å². The topological polar surface area (TPSA) is 83.5 Å². The van der Waals surface area contributed by atoms with Crippen molar-refractivity contribution in [1.29, 1.82) is 0 Å². The zero-order valence-corrected chi connectivity index (χ0v) is 32.5. The van der Waals surface area contributed by atoms with E-state index in [1.807, 2.05) is 19.1 Å². The molecule has 1 aromatic carbocycles. The van der Waals surface area contributed by atoms with Crippen LogP contribution in [0.25, 0.3) is 0 Å². The minimum atomic E-state index is -0.754. The highest BCUT2D eigenvalue weighted by Gasteiger charge is 2.66. The molecule has 11 unspecified atom stereocenters. The van der Waals surface area contributed by atoms with E-state index in [-0.39, 0.29) is 51.1 Å². The highest BCUT2D eigenvalue weighted by Crippen LogP contribution is 2.74. The van der Waals surface area contributed by atoms with Gasteiger partial charge in [0.2, 0.25) is 0 Å². The van der Waals surface area contributed by atoms with E-state index in [1.165, 1.54) is 50.7 Å². The Balaban J connectivity index is 1.08. The summed E-state index contributed by atoms with van der Waals surface area (Å²) in [6.07, 6.45) is 12.2. The van der Waals surface area contributed by atoms with E-state index in [0.717, 1.165) is 36.9 Å². The van der Waals surface area contributed by atoms with Crippen LogP contribution < -0.4 is 5.32 Å². The number of Topliss-reactive ketones (excluding diaryl/α,β-unsaturated/α-hetero) is 2. The number of hydrogen-bond donors (Lipinski definition) is 2. The van der Waals surface area contributed by atoms with Crippen molar-refractivity contribution in [3.63, 3.8) is 0 Å². The highest BCUT2D eigenvalue weighted by atomic mass is 19.1. The first-order valence-corrected chi connectivity index (χ1v) is 20.5. The van der Waals surface area contributed by atoms with Crippen molar-refractivity contribution < 1.29 is 23.9 Å². The normalized spacial score (nSPS) is 41.3. The molecule has 0 saturated heterocycles. The average molecular weight is 702 g/mol. The first kappa shape index (κ1) is 37.0. The van der Waals surface area contributed by atoms with Crippen LogP contribution >= 0.6 is 0 Å². The molecule has 0 heterocycles. The maximum absolute atomic E-state index is 13.9. The van der Waals surface area contributed by atoms with Crippen LogP contribution in [0.1, 0.15) is 131 Å². The first-order valence-electron chi connectivity index (χ1n) is 20.5. The van der Waals surface area contributed by atoms with Gasteiger partial charge in [0.05, 0.1) is 5.92 Å². The van der Waals surface area contributed by atoms with Crippen LogP contribution in [0.2, 0.25) is 0 Å². The second-order valence-corrected chi connectivity index (χ2v) is 19.8. The van der Waals surface area contributed by atoms with Crippen LogP contribution in [-0.4, -0.2) is 29.2 Å². The lowest BCUT2D eigenvalue weighted by Crippen LogP contribution is -2.62. The van der Waals surface area contributed by atoms with Gasteiger partial charge in [-0.3, -0.25) is 14.4 Å². The lowest BCUT2D eigenvalue weighted by molar-refractivity contribution is -0.193. The van der Waals surface area contributed by atoms with Crippen molar-refractivity contribution in [3.05, 3.63) is 46.8 Å². The number of fused-ring (bicyclic) bond motifs is 7. The van der Waals surface area contributed by atoms with Crippen LogP contribution in [0.5, 0.6) is 0 Å². The van der Waals surface area contributed by atoms with Gasteiger partial charge >= 0.3 is 5.97 Å². The zero-order chi connectivity index (χ0) is 36.7. The number of rotatable bonds is 10. The van der Waals surface area contributed by atoms with Crippen molar-refractivity contribution in [3.8, 4) is 0 Å². The third kappa shape index (κ3) is 5.91. The van der Waals surface area contributed by atoms with E-state index < -0.39 is 5.97 Å². The summed E-state index contributed by atoms with van der Waals surface area (Å²) in [7, 11) is 0. The molecule has 5 fully saturated rings. The minimum absolute atomic E-state index is 0.0348. The summed E-state index contributed by atoms with van der Waals surface area (Å²) >= 11 is 0. The fourth-order valence-electron chi connectivity index (χ4n) is 14.3. The van der Waals surface area contributed by atoms with Crippen LogP contribution in [0.4, 0.5) is 4.39 Å². The predicted molar refractivity (Wildman–Crippen MR) is 199 cm³/mol. The van der Waals surface area contributed by atoms with E-state index >= 15 is 0 Å². The highest BCUT2D eigenvalue weighted by molar-refractivity contribution is 6.00. The number of allylic oxidation sites excluding steroid dienone is 2. The standard InChI is InChI=1S/C45H64FNO4/c1-26(2)39-36(49)24-45(20-21-47-25-28-8-10-30(46)11-9-28)19-15-34-31(40(39)45)12-13-38-43(34,6)18-16-37-42(4,5)29(14-17-44(37,38)7)22-35(48)32-23-33(27(32)3)41(50)51/h8-11,26-27,29,31-34,37-38,47H,12-25H2,1-7H3,(H,50,51). The van der Waals surface area contributed by atoms with Crippen LogP contribution in [0.15, 0.2) is 35.4 Å². The lowest BCUT2D eigenvalue weighted by Gasteiger charge is -2.69. The molecule has 6 aliphatic carbocycles. The Morgan fingerprint density at radius 2 is 1.63 bits per heavy atom. The van der Waals surface area contributed by atoms with E-state index in [2.05, 4.69) is 46.9 Å². The maximum atomic E-state index is 13.9. The summed E-state index contributed by atoms with van der Waals surface area (Å²) in [6.45, 7) is 18.1. The molecule has 2 N–H and O–H groups in total. The molecule has 51 heavy (non-hydrogen) atoms. The summed E-state index contributed by atoms with van der Waals surface area (Å²) in [4.78, 5) is 39.0. The smallest absolute Gasteiger partial charge is 0.306 e. The van der Waals surface area contributed by atoms with E-state index in [4.69, 9.17) is 0 Å². The van der Waals surface area contributed by atoms with Crippen LogP contribution in [0.3, 0.4) is 0 Å². The summed E-state index contributed by atoms with van der Waals surface area (Å²) in [5.41, 5.74) is 4.30. The molecular weight excluding hydrogens is 637 g/mol. The molecule has 0 radical (unpaired) electrons. The number of nitrogens with one attached hydrogen (secondary N) is 1. The van der Waals surface area contributed by atoms with Gasteiger partial charge in [-0.25, -0.2) is 4.39 Å². The largest absolute Gasteiger partial charge is 0.481 e. The van der Waals surface area contributed by atoms with Crippen molar-refractivity contribution in [2.75, 3.05) is 6.54 Å². The van der Waals surface area contributed by atoms with E-state index in [9.17, 15) is 23.9 Å². The molecule has 0 aromatic heterocycles. The number of carbonyl (C=O) groups excluding carboxylic acids is 2. The quantitative estimate of drug-likeness (QED) is 0.237. The molecule has 280 valence electrons. The monoisotopic (exact) mass is 701 g/mol. The van der Waals surface area contributed by atoms with Gasteiger partial charge in [-0.05, 0) is 152 Å². The predicted octanol–water partition coefficient (Wildman–Crippen LogP) is 9.83. The molecule has 5 nitrogen and oxygen atoms in total. The van der Waals surface area contributed by atoms with Gasteiger partial charge in [-0.15, -0.1) is 0 Å². The molecule has 5 saturated carbocycles. The second-order valence-electron chi connectivity index (χ2n) is 19.8. The van der Waals surface area contributed by atoms with Gasteiger partial charge < -0.3 is 10.4 Å². The number of carboxylic acid groups (broad SMARTS) is 1. The van der Waals surface area contributed by atoms with Gasteiger partial charge in [-0.2, -0.15) is 0 Å². The van der Waals surface area contributed by atoms with E-state index in [0.29, 0.717) is 67.0 Å². The summed E-state index contributed by atoms with van der Waals surface area (Å²) in [6, 6.07) is 6.75. The van der Waals surface area contributed by atoms with Crippen molar-refractivity contribution in [1.82, 2.24) is 5.32 Å². The number of halogens is 1. The van der Waals surface area contributed by atoms with Crippen molar-refractivity contribution >= 4 is 17.5 Å². The molecule has 11 atom stereocenters. The summed E-state index contributed by atoms with van der Waals surface area (Å²) in [5.74, 6) is 2.16. The minimum Gasteiger partial charge on any atom is -0.481 e. The maximum Gasteiger partial charge on any atom is 0.306 e. The Morgan fingerprint density at radius 3 is 2.29 bits per heavy atom. The van der Waals surface area contributed by atoms with Gasteiger partial charge in [0.1, 0.15) is 11.6 Å². The van der Waals surface area contributed by atoms with Crippen molar-refractivity contribution in [2.45, 2.75) is 132 Å². The Bertz CT molecular complexity index is 1580. The van der Waals surface area contributed by atoms with Gasteiger partial charge in [0, 0.05) is 30.7 Å². The lowest BCUT2D eigenvalue weighted by atomic mass is 9.35. The third-order valence-corrected chi connectivity index (χ3v) is 17.0. The Morgan fingerprint density at radius 1 is 0.922 bits per heavy atom. The molecule has 6 heteroatoms. The van der Waals surface area contributed by atoms with E-state index in [1.54, 1.807) is 5.57 Å². The SMILES string of the molecule is CC(C)C1=C2C3CCC4C(C)(CCC5C(C)(C)C(CC(=O)C6CC(C(=O)O)C6C)CCC54C)C3CCC2(CCNCc2ccc(F)cc2)CC1=O. The molecule has 6 aliphatic rings. The number of aliphatic carboxylic acids is 1. The first-order chi connectivity index (χ1) is 24.0. The molecule has 0 aliphatic heterocycles. The Hall–Kier alpha value is -2.34.